The van der Waals surface area contributed by atoms with E-state index in [2.05, 4.69) is 15.3 Å². The number of allylic oxidation sites excluding steroid dienone is 1. The van der Waals surface area contributed by atoms with Crippen molar-refractivity contribution in [3.05, 3.63) is 35.8 Å². The molecule has 0 bridgehead atoms. The summed E-state index contributed by atoms with van der Waals surface area (Å²) in [6.45, 7) is 2.50. The van der Waals surface area contributed by atoms with Gasteiger partial charge in [-0.2, -0.15) is 10.1 Å². The van der Waals surface area contributed by atoms with E-state index in [9.17, 15) is 4.79 Å². The Balaban J connectivity index is 2.29. The fourth-order valence-electron chi connectivity index (χ4n) is 2.29. The Morgan fingerprint density at radius 2 is 2.32 bits per heavy atom. The normalized spacial score (nSPS) is 15.3. The molecule has 3 N–H and O–H groups in total. The van der Waals surface area contributed by atoms with Crippen LogP contribution in [0.4, 0.5) is 5.69 Å². The number of nitrogens with zero attached hydrogens (tertiary/aromatic N) is 4. The number of hydrogen-bond acceptors (Lipinski definition) is 6. The average molecular weight is 300 g/mol. The highest BCUT2D eigenvalue weighted by molar-refractivity contribution is 5.94. The van der Waals surface area contributed by atoms with Crippen LogP contribution >= 0.6 is 0 Å². The third-order valence-corrected chi connectivity index (χ3v) is 3.46. The standard InChI is InChI=1S/C15H20N6O/c1-11-9-18-10-14(13(11)5-4-12(17)6-7-16)21-15(22)3-2-8-19-20-21/h6-7,9-10,17H,2-5,8,16H2,1H3/b7-6-,17-12?. The highest BCUT2D eigenvalue weighted by atomic mass is 16.2. The molecule has 0 spiro atoms. The molecule has 1 aliphatic rings. The lowest BCUT2D eigenvalue weighted by Gasteiger charge is -2.19. The molecule has 0 saturated carbocycles. The van der Waals surface area contributed by atoms with Crippen molar-refractivity contribution in [2.45, 2.75) is 32.6 Å². The molecule has 0 radical (unpaired) electrons. The molecule has 0 saturated heterocycles. The van der Waals surface area contributed by atoms with Gasteiger partial charge >= 0.3 is 0 Å². The van der Waals surface area contributed by atoms with Crippen molar-refractivity contribution in [3.8, 4) is 0 Å². The fraction of sp³-hybridized carbons (Fsp3) is 0.400. The van der Waals surface area contributed by atoms with Crippen molar-refractivity contribution in [1.82, 2.24) is 4.98 Å². The van der Waals surface area contributed by atoms with Crippen LogP contribution in [0.15, 0.2) is 35.0 Å². The highest BCUT2D eigenvalue weighted by Crippen LogP contribution is 2.26. The van der Waals surface area contributed by atoms with E-state index < -0.39 is 0 Å². The SMILES string of the molecule is Cc1cncc(N2N=NCCCC2=O)c1CCC(=N)/C=C\N. The van der Waals surface area contributed by atoms with Crippen molar-refractivity contribution < 1.29 is 4.79 Å². The van der Waals surface area contributed by atoms with Gasteiger partial charge in [0.05, 0.1) is 18.4 Å². The lowest BCUT2D eigenvalue weighted by atomic mass is 10.0. The zero-order chi connectivity index (χ0) is 15.9. The van der Waals surface area contributed by atoms with Crippen LogP contribution in [0.5, 0.6) is 0 Å². The second-order valence-electron chi connectivity index (χ2n) is 5.10. The Labute approximate surface area is 129 Å². The van der Waals surface area contributed by atoms with Gasteiger partial charge < -0.3 is 11.1 Å². The number of amides is 1. The van der Waals surface area contributed by atoms with Gasteiger partial charge in [0.1, 0.15) is 0 Å². The van der Waals surface area contributed by atoms with E-state index in [1.165, 1.54) is 11.2 Å². The Kier molecular flexibility index (Phi) is 5.35. The highest BCUT2D eigenvalue weighted by Gasteiger charge is 2.21. The van der Waals surface area contributed by atoms with E-state index in [4.69, 9.17) is 11.1 Å². The summed E-state index contributed by atoms with van der Waals surface area (Å²) in [7, 11) is 0. The van der Waals surface area contributed by atoms with Crippen molar-refractivity contribution in [2.75, 3.05) is 11.6 Å². The number of aromatic nitrogens is 1. The van der Waals surface area contributed by atoms with Gasteiger partial charge in [-0.05, 0) is 49.6 Å². The lowest BCUT2D eigenvalue weighted by molar-refractivity contribution is -0.118. The number of carbonyl (C=O) groups is 1. The molecule has 1 aromatic rings. The molecule has 0 aliphatic carbocycles. The van der Waals surface area contributed by atoms with Gasteiger partial charge in [-0.3, -0.25) is 9.78 Å². The third-order valence-electron chi connectivity index (χ3n) is 3.46. The van der Waals surface area contributed by atoms with E-state index in [1.807, 2.05) is 6.92 Å². The number of anilines is 1. The molecule has 0 atom stereocenters. The molecular formula is C15H20N6O. The summed E-state index contributed by atoms with van der Waals surface area (Å²) in [5, 5.41) is 17.2. The summed E-state index contributed by atoms with van der Waals surface area (Å²) in [6, 6.07) is 0. The first-order valence-electron chi connectivity index (χ1n) is 7.23. The van der Waals surface area contributed by atoms with Gasteiger partial charge in [-0.1, -0.05) is 5.22 Å². The zero-order valence-corrected chi connectivity index (χ0v) is 12.6. The average Bonchev–Trinajstić information content (AvgIpc) is 2.70. The summed E-state index contributed by atoms with van der Waals surface area (Å²) in [6.07, 6.45) is 8.58. The molecule has 7 nitrogen and oxygen atoms in total. The van der Waals surface area contributed by atoms with E-state index in [1.54, 1.807) is 18.5 Å². The maximum atomic E-state index is 12.2. The summed E-state index contributed by atoms with van der Waals surface area (Å²) < 4.78 is 0. The Hall–Kier alpha value is -2.57. The minimum atomic E-state index is -0.0770. The largest absolute Gasteiger partial charge is 0.405 e. The molecule has 0 unspecified atom stereocenters. The van der Waals surface area contributed by atoms with Gasteiger partial charge in [0.2, 0.25) is 5.91 Å². The van der Waals surface area contributed by atoms with Crippen molar-refractivity contribution in [3.63, 3.8) is 0 Å². The predicted molar refractivity (Wildman–Crippen MR) is 84.8 cm³/mol. The molecule has 2 heterocycles. The minimum Gasteiger partial charge on any atom is -0.405 e. The number of rotatable bonds is 5. The third kappa shape index (κ3) is 3.75. The maximum absolute atomic E-state index is 12.2. The van der Waals surface area contributed by atoms with Gasteiger partial charge in [-0.15, -0.1) is 0 Å². The van der Waals surface area contributed by atoms with Crippen LogP contribution in [0.25, 0.3) is 0 Å². The molecule has 2 rings (SSSR count). The molecule has 1 aromatic heterocycles. The molecule has 1 amide bonds. The Morgan fingerprint density at radius 3 is 3.09 bits per heavy atom. The monoisotopic (exact) mass is 300 g/mol. The number of aryl methyl sites for hydroxylation is 1. The summed E-state index contributed by atoms with van der Waals surface area (Å²) in [5.74, 6) is -0.0770. The van der Waals surface area contributed by atoms with Gasteiger partial charge in [-0.25, -0.2) is 0 Å². The number of nitrogens with two attached hydrogens (primary N) is 1. The first-order chi connectivity index (χ1) is 10.6. The quantitative estimate of drug-likeness (QED) is 0.814. The van der Waals surface area contributed by atoms with Crippen LogP contribution in [0, 0.1) is 12.3 Å². The molecule has 7 heteroatoms. The molecule has 0 aromatic carbocycles. The van der Waals surface area contributed by atoms with Crippen LogP contribution < -0.4 is 10.7 Å². The molecule has 1 aliphatic heterocycles. The van der Waals surface area contributed by atoms with Crippen LogP contribution in [0.2, 0.25) is 0 Å². The summed E-state index contributed by atoms with van der Waals surface area (Å²) in [4.78, 5) is 16.4. The Morgan fingerprint density at radius 1 is 1.50 bits per heavy atom. The van der Waals surface area contributed by atoms with Crippen molar-refractivity contribution >= 4 is 17.3 Å². The van der Waals surface area contributed by atoms with Crippen LogP contribution in [0.3, 0.4) is 0 Å². The number of pyridine rings is 1. The molecule has 0 fully saturated rings. The van der Waals surface area contributed by atoms with Crippen molar-refractivity contribution in [1.29, 1.82) is 5.41 Å². The number of hydrogen-bond donors (Lipinski definition) is 2. The Bertz CT molecular complexity index is 622. The molecule has 22 heavy (non-hydrogen) atoms. The van der Waals surface area contributed by atoms with Gasteiger partial charge in [0.15, 0.2) is 0 Å². The van der Waals surface area contributed by atoms with E-state index in [-0.39, 0.29) is 5.91 Å². The van der Waals surface area contributed by atoms with Crippen molar-refractivity contribution in [2.24, 2.45) is 16.1 Å². The molecule has 116 valence electrons. The smallest absolute Gasteiger partial charge is 0.248 e. The second kappa shape index (κ2) is 7.44. The van der Waals surface area contributed by atoms with E-state index in [0.29, 0.717) is 43.6 Å². The van der Waals surface area contributed by atoms with E-state index >= 15 is 0 Å². The van der Waals surface area contributed by atoms with Crippen LogP contribution in [-0.2, 0) is 11.2 Å². The minimum absolute atomic E-state index is 0.0770. The lowest BCUT2D eigenvalue weighted by Crippen LogP contribution is -2.25. The first-order valence-corrected chi connectivity index (χ1v) is 7.23. The first kappa shape index (κ1) is 15.8. The van der Waals surface area contributed by atoms with Gasteiger partial charge in [0, 0.05) is 18.3 Å². The second-order valence-corrected chi connectivity index (χ2v) is 5.10. The number of carbonyl (C=O) groups excluding carboxylic acids is 1. The fourth-order valence-corrected chi connectivity index (χ4v) is 2.29. The maximum Gasteiger partial charge on any atom is 0.248 e. The van der Waals surface area contributed by atoms with Crippen LogP contribution in [0.1, 0.15) is 30.4 Å². The number of nitrogens with one attached hydrogen (secondary N) is 1. The van der Waals surface area contributed by atoms with Gasteiger partial charge in [0.25, 0.3) is 0 Å². The summed E-state index contributed by atoms with van der Waals surface area (Å²) in [5.41, 5.74) is 8.32. The van der Waals surface area contributed by atoms with Crippen LogP contribution in [-0.4, -0.2) is 23.1 Å². The van der Waals surface area contributed by atoms with E-state index in [0.717, 1.165) is 11.1 Å². The summed E-state index contributed by atoms with van der Waals surface area (Å²) >= 11 is 0. The zero-order valence-electron chi connectivity index (χ0n) is 12.6. The predicted octanol–water partition coefficient (Wildman–Crippen LogP) is 2.31. The topological polar surface area (TPSA) is 108 Å². The molecular weight excluding hydrogens is 280 g/mol.